The Morgan fingerprint density at radius 1 is 1.14 bits per heavy atom. The zero-order valence-corrected chi connectivity index (χ0v) is 19.4. The fourth-order valence-electron chi connectivity index (χ4n) is 2.72. The lowest BCUT2D eigenvalue weighted by atomic mass is 10.0. The van der Waals surface area contributed by atoms with Crippen LogP contribution in [0.25, 0.3) is 0 Å². The van der Waals surface area contributed by atoms with Crippen molar-refractivity contribution in [3.63, 3.8) is 0 Å². The molecule has 1 rings (SSSR count). The summed E-state index contributed by atoms with van der Waals surface area (Å²) in [6.07, 6.45) is 2.57. The normalized spacial score (nSPS) is 12.7. The molecule has 1 atom stereocenters. The van der Waals surface area contributed by atoms with Crippen molar-refractivity contribution < 1.29 is 14.3 Å². The maximum Gasteiger partial charge on any atom is 0.246 e. The van der Waals surface area contributed by atoms with Gasteiger partial charge in [0.05, 0.1) is 12.0 Å². The van der Waals surface area contributed by atoms with Gasteiger partial charge in [0.25, 0.3) is 0 Å². The van der Waals surface area contributed by atoms with E-state index in [0.717, 1.165) is 29.4 Å². The number of amides is 2. The van der Waals surface area contributed by atoms with Crippen LogP contribution >= 0.6 is 15.9 Å². The first-order valence-electron chi connectivity index (χ1n) is 10.1. The van der Waals surface area contributed by atoms with Crippen LogP contribution in [0, 0.1) is 5.92 Å². The lowest BCUT2D eigenvalue weighted by Crippen LogP contribution is -2.46. The molecular weight excluding hydrogens is 420 g/mol. The van der Waals surface area contributed by atoms with Crippen LogP contribution in [0.2, 0.25) is 0 Å². The van der Waals surface area contributed by atoms with Crippen LogP contribution in [-0.2, 0) is 19.7 Å². The molecule has 0 radical (unpaired) electrons. The second kappa shape index (κ2) is 12.2. The molecule has 0 saturated carbocycles. The van der Waals surface area contributed by atoms with Gasteiger partial charge in [0.15, 0.2) is 0 Å². The third-order valence-corrected chi connectivity index (χ3v) is 5.03. The van der Waals surface area contributed by atoms with Crippen LogP contribution in [0.15, 0.2) is 24.3 Å². The van der Waals surface area contributed by atoms with Crippen molar-refractivity contribution >= 4 is 33.4 Å². The van der Waals surface area contributed by atoms with Crippen molar-refractivity contribution in [2.75, 3.05) is 11.9 Å². The molecule has 5 nitrogen and oxygen atoms in total. The maximum atomic E-state index is 12.6. The molecule has 0 heterocycles. The molecule has 0 bridgehead atoms. The van der Waals surface area contributed by atoms with Crippen molar-refractivity contribution in [2.24, 2.45) is 5.92 Å². The third-order valence-electron chi connectivity index (χ3n) is 4.38. The number of nitrogens with one attached hydrogen (secondary N) is 2. The first-order chi connectivity index (χ1) is 13.2. The number of rotatable bonds is 12. The molecule has 0 saturated heterocycles. The molecule has 0 aliphatic carbocycles. The first-order valence-corrected chi connectivity index (χ1v) is 11.2. The molecular formula is C22H35BrN2O3. The van der Waals surface area contributed by atoms with Gasteiger partial charge in [0.1, 0.15) is 6.04 Å². The van der Waals surface area contributed by atoms with Crippen LogP contribution in [0.3, 0.4) is 0 Å². The van der Waals surface area contributed by atoms with E-state index in [9.17, 15) is 9.59 Å². The number of benzene rings is 1. The van der Waals surface area contributed by atoms with E-state index in [0.29, 0.717) is 18.9 Å². The Kier molecular flexibility index (Phi) is 10.8. The fraction of sp³-hybridized carbons (Fsp3) is 0.636. The average molecular weight is 455 g/mol. The van der Waals surface area contributed by atoms with E-state index in [4.69, 9.17) is 4.74 Å². The minimum Gasteiger partial charge on any atom is -0.375 e. The van der Waals surface area contributed by atoms with E-state index in [1.807, 2.05) is 45.0 Å². The molecule has 6 heteroatoms. The van der Waals surface area contributed by atoms with Gasteiger partial charge in [-0.25, -0.2) is 0 Å². The summed E-state index contributed by atoms with van der Waals surface area (Å²) >= 11 is 3.41. The molecule has 0 aliphatic rings. The van der Waals surface area contributed by atoms with Gasteiger partial charge < -0.3 is 15.4 Å². The Balaban J connectivity index is 2.61. The summed E-state index contributed by atoms with van der Waals surface area (Å²) in [6, 6.07) is 7.08. The summed E-state index contributed by atoms with van der Waals surface area (Å²) in [5.41, 5.74) is 1.30. The molecule has 1 aromatic carbocycles. The Morgan fingerprint density at radius 3 is 2.32 bits per heavy atom. The van der Waals surface area contributed by atoms with E-state index in [-0.39, 0.29) is 18.2 Å². The highest BCUT2D eigenvalue weighted by Crippen LogP contribution is 2.17. The summed E-state index contributed by atoms with van der Waals surface area (Å²) in [7, 11) is 0. The lowest BCUT2D eigenvalue weighted by Gasteiger charge is -2.26. The second-order valence-electron chi connectivity index (χ2n) is 8.20. The Labute approximate surface area is 178 Å². The minimum atomic E-state index is -0.558. The van der Waals surface area contributed by atoms with Gasteiger partial charge in [-0.15, -0.1) is 0 Å². The largest absolute Gasteiger partial charge is 0.375 e. The van der Waals surface area contributed by atoms with Crippen molar-refractivity contribution in [1.82, 2.24) is 5.32 Å². The number of halogens is 1. The van der Waals surface area contributed by atoms with E-state index in [1.165, 1.54) is 0 Å². The fourth-order valence-corrected chi connectivity index (χ4v) is 3.09. The molecule has 1 unspecified atom stereocenters. The average Bonchev–Trinajstić information content (AvgIpc) is 2.60. The van der Waals surface area contributed by atoms with E-state index < -0.39 is 11.6 Å². The van der Waals surface area contributed by atoms with Gasteiger partial charge in [-0.05, 0) is 50.3 Å². The number of hydrogen-bond donors (Lipinski definition) is 2. The van der Waals surface area contributed by atoms with Crippen molar-refractivity contribution in [3.8, 4) is 0 Å². The first kappa shape index (κ1) is 24.6. The highest BCUT2D eigenvalue weighted by atomic mass is 79.9. The SMILES string of the molecule is CCCC(NC(=O)CC(C)(C)OCCC(C)C)C(=O)Nc1ccc(CBr)cc1. The molecule has 0 aromatic heterocycles. The number of anilines is 1. The minimum absolute atomic E-state index is 0.169. The molecule has 1 aromatic rings. The van der Waals surface area contributed by atoms with Crippen LogP contribution in [0.1, 0.15) is 65.9 Å². The predicted octanol–water partition coefficient (Wildman–Crippen LogP) is 5.04. The summed E-state index contributed by atoms with van der Waals surface area (Å²) < 4.78 is 5.87. The molecule has 0 fully saturated rings. The number of alkyl halides is 1. The smallest absolute Gasteiger partial charge is 0.246 e. The van der Waals surface area contributed by atoms with Gasteiger partial charge in [0, 0.05) is 17.6 Å². The summed E-state index contributed by atoms with van der Waals surface area (Å²) in [5, 5.41) is 6.54. The topological polar surface area (TPSA) is 67.4 Å². The van der Waals surface area contributed by atoms with E-state index in [1.54, 1.807) is 0 Å². The van der Waals surface area contributed by atoms with Crippen molar-refractivity contribution in [2.45, 2.75) is 77.3 Å². The van der Waals surface area contributed by atoms with Crippen LogP contribution in [0.4, 0.5) is 5.69 Å². The van der Waals surface area contributed by atoms with Gasteiger partial charge >= 0.3 is 0 Å². The molecule has 158 valence electrons. The summed E-state index contributed by atoms with van der Waals surface area (Å²) in [5.74, 6) is 0.198. The summed E-state index contributed by atoms with van der Waals surface area (Å²) in [4.78, 5) is 25.1. The summed E-state index contributed by atoms with van der Waals surface area (Å²) in [6.45, 7) is 10.7. The quantitative estimate of drug-likeness (QED) is 0.434. The number of ether oxygens (including phenoxy) is 1. The lowest BCUT2D eigenvalue weighted by molar-refractivity contribution is -0.131. The molecule has 0 spiro atoms. The third kappa shape index (κ3) is 9.69. The van der Waals surface area contributed by atoms with Crippen molar-refractivity contribution in [3.05, 3.63) is 29.8 Å². The second-order valence-corrected chi connectivity index (χ2v) is 8.76. The molecule has 2 N–H and O–H groups in total. The van der Waals surface area contributed by atoms with Crippen LogP contribution in [0.5, 0.6) is 0 Å². The number of carbonyl (C=O) groups excluding carboxylic acids is 2. The number of hydrogen-bond acceptors (Lipinski definition) is 3. The molecule has 2 amide bonds. The molecule has 0 aliphatic heterocycles. The highest BCUT2D eigenvalue weighted by molar-refractivity contribution is 9.08. The van der Waals surface area contributed by atoms with Crippen LogP contribution < -0.4 is 10.6 Å². The van der Waals surface area contributed by atoms with Gasteiger partial charge in [-0.1, -0.05) is 55.3 Å². The Morgan fingerprint density at radius 2 is 1.79 bits per heavy atom. The monoisotopic (exact) mass is 454 g/mol. The maximum absolute atomic E-state index is 12.6. The Hall–Kier alpha value is -1.40. The standard InChI is InChI=1S/C22H35BrN2O3/c1-6-7-19(21(27)24-18-10-8-17(15-23)9-11-18)25-20(26)14-22(4,5)28-13-12-16(2)3/h8-11,16,19H,6-7,12-15H2,1-5H3,(H,24,27)(H,25,26). The number of carbonyl (C=O) groups is 2. The Bertz CT molecular complexity index is 615. The zero-order chi connectivity index (χ0) is 21.2. The highest BCUT2D eigenvalue weighted by Gasteiger charge is 2.26. The zero-order valence-electron chi connectivity index (χ0n) is 17.8. The van der Waals surface area contributed by atoms with E-state index >= 15 is 0 Å². The van der Waals surface area contributed by atoms with Crippen molar-refractivity contribution in [1.29, 1.82) is 0 Å². The van der Waals surface area contributed by atoms with Gasteiger partial charge in [0.2, 0.25) is 11.8 Å². The molecule has 28 heavy (non-hydrogen) atoms. The van der Waals surface area contributed by atoms with E-state index in [2.05, 4.69) is 40.4 Å². The van der Waals surface area contributed by atoms with Gasteiger partial charge in [-0.2, -0.15) is 0 Å². The predicted molar refractivity (Wildman–Crippen MR) is 119 cm³/mol. The van der Waals surface area contributed by atoms with Crippen LogP contribution in [-0.4, -0.2) is 30.1 Å². The van der Waals surface area contributed by atoms with Gasteiger partial charge in [-0.3, -0.25) is 9.59 Å².